The Morgan fingerprint density at radius 3 is 2.58 bits per heavy atom. The first-order valence-corrected chi connectivity index (χ1v) is 6.87. The summed E-state index contributed by atoms with van der Waals surface area (Å²) in [4.78, 5) is 26.3. The molecule has 0 unspecified atom stereocenters. The van der Waals surface area contributed by atoms with E-state index in [9.17, 15) is 9.59 Å². The first-order valence-electron chi connectivity index (χ1n) is 6.49. The van der Waals surface area contributed by atoms with Gasteiger partial charge < -0.3 is 9.55 Å². The van der Waals surface area contributed by atoms with Crippen molar-refractivity contribution in [3.05, 3.63) is 43.9 Å². The second-order valence-electron chi connectivity index (χ2n) is 4.69. The number of halogens is 1. The van der Waals surface area contributed by atoms with Gasteiger partial charge in [-0.1, -0.05) is 44.4 Å². The lowest BCUT2D eigenvalue weighted by Crippen LogP contribution is -2.37. The largest absolute Gasteiger partial charge is 0.316 e. The fraction of sp³-hybridized carbons (Fsp3) is 0.429. The third-order valence-electron chi connectivity index (χ3n) is 3.56. The van der Waals surface area contributed by atoms with Crippen LogP contribution in [-0.2, 0) is 6.54 Å². The number of H-pyrrole nitrogens is 1. The van der Waals surface area contributed by atoms with E-state index in [1.165, 1.54) is 4.57 Å². The SMILES string of the molecule is CCC(CC)Cn1c(=O)c(=O)[nH]c2c(Cl)cccc21. The van der Waals surface area contributed by atoms with Crippen molar-refractivity contribution in [1.29, 1.82) is 0 Å². The van der Waals surface area contributed by atoms with E-state index in [2.05, 4.69) is 18.8 Å². The van der Waals surface area contributed by atoms with Crippen LogP contribution in [0.15, 0.2) is 27.8 Å². The standard InChI is InChI=1S/C14H17ClN2O2/c1-3-9(4-2)8-17-11-7-5-6-10(15)12(11)16-13(18)14(17)19/h5-7,9H,3-4,8H2,1-2H3,(H,16,18). The average Bonchev–Trinajstić information content (AvgIpc) is 2.41. The van der Waals surface area contributed by atoms with Crippen molar-refractivity contribution in [2.45, 2.75) is 33.2 Å². The summed E-state index contributed by atoms with van der Waals surface area (Å²) >= 11 is 6.07. The Morgan fingerprint density at radius 2 is 1.95 bits per heavy atom. The van der Waals surface area contributed by atoms with E-state index in [-0.39, 0.29) is 0 Å². The average molecular weight is 281 g/mol. The summed E-state index contributed by atoms with van der Waals surface area (Å²) in [7, 11) is 0. The summed E-state index contributed by atoms with van der Waals surface area (Å²) in [5.41, 5.74) is 0.0805. The van der Waals surface area contributed by atoms with Crippen molar-refractivity contribution < 1.29 is 0 Å². The van der Waals surface area contributed by atoms with E-state index in [0.29, 0.717) is 28.5 Å². The summed E-state index contributed by atoms with van der Waals surface area (Å²) < 4.78 is 1.54. The molecule has 19 heavy (non-hydrogen) atoms. The molecule has 0 aliphatic heterocycles. The van der Waals surface area contributed by atoms with Crippen molar-refractivity contribution in [2.75, 3.05) is 0 Å². The van der Waals surface area contributed by atoms with Gasteiger partial charge in [-0.3, -0.25) is 9.59 Å². The molecule has 0 amide bonds. The van der Waals surface area contributed by atoms with Crippen LogP contribution in [0.1, 0.15) is 26.7 Å². The van der Waals surface area contributed by atoms with E-state index in [1.54, 1.807) is 18.2 Å². The molecule has 0 aliphatic rings. The Kier molecular flexibility index (Phi) is 4.10. The minimum atomic E-state index is -0.619. The third kappa shape index (κ3) is 2.59. The molecule has 0 saturated carbocycles. The molecule has 0 atom stereocenters. The first kappa shape index (κ1) is 13.9. The summed E-state index contributed by atoms with van der Waals surface area (Å²) in [6.45, 7) is 4.72. The zero-order chi connectivity index (χ0) is 14.0. The fourth-order valence-corrected chi connectivity index (χ4v) is 2.46. The second kappa shape index (κ2) is 5.61. The van der Waals surface area contributed by atoms with Crippen molar-refractivity contribution in [2.24, 2.45) is 5.92 Å². The Bertz CT molecular complexity index is 699. The monoisotopic (exact) mass is 280 g/mol. The van der Waals surface area contributed by atoms with Crippen molar-refractivity contribution in [3.63, 3.8) is 0 Å². The maximum absolute atomic E-state index is 12.0. The molecule has 0 fully saturated rings. The molecule has 1 heterocycles. The molecule has 0 saturated heterocycles. The van der Waals surface area contributed by atoms with Gasteiger partial charge in [-0.05, 0) is 18.1 Å². The molecule has 2 rings (SSSR count). The van der Waals surface area contributed by atoms with Gasteiger partial charge in [0.2, 0.25) is 0 Å². The fourth-order valence-electron chi connectivity index (χ4n) is 2.25. The van der Waals surface area contributed by atoms with Crippen LogP contribution in [-0.4, -0.2) is 9.55 Å². The topological polar surface area (TPSA) is 54.9 Å². The number of aromatic nitrogens is 2. The van der Waals surface area contributed by atoms with Gasteiger partial charge in [0.15, 0.2) is 0 Å². The molecule has 1 N–H and O–H groups in total. The van der Waals surface area contributed by atoms with E-state index >= 15 is 0 Å². The van der Waals surface area contributed by atoms with Crippen LogP contribution in [0, 0.1) is 5.92 Å². The van der Waals surface area contributed by atoms with E-state index in [4.69, 9.17) is 11.6 Å². The highest BCUT2D eigenvalue weighted by Crippen LogP contribution is 2.20. The Labute approximate surface area is 116 Å². The molecule has 1 aromatic heterocycles. The second-order valence-corrected chi connectivity index (χ2v) is 5.09. The smallest absolute Gasteiger partial charge is 0.315 e. The summed E-state index contributed by atoms with van der Waals surface area (Å²) in [5, 5.41) is 0.452. The van der Waals surface area contributed by atoms with Crippen LogP contribution in [0.5, 0.6) is 0 Å². The van der Waals surface area contributed by atoms with Gasteiger partial charge in [-0.2, -0.15) is 0 Å². The summed E-state index contributed by atoms with van der Waals surface area (Å²) in [6.07, 6.45) is 1.94. The molecular formula is C14H17ClN2O2. The molecule has 0 bridgehead atoms. The number of nitrogens with one attached hydrogen (secondary N) is 1. The Balaban J connectivity index is 2.71. The number of nitrogens with zero attached hydrogens (tertiary/aromatic N) is 1. The molecule has 1 aromatic carbocycles. The predicted molar refractivity (Wildman–Crippen MR) is 77.9 cm³/mol. The highest BCUT2D eigenvalue weighted by Gasteiger charge is 2.13. The number of aromatic amines is 1. The van der Waals surface area contributed by atoms with Gasteiger partial charge in [-0.25, -0.2) is 0 Å². The molecule has 102 valence electrons. The molecule has 4 nitrogen and oxygen atoms in total. The summed E-state index contributed by atoms with van der Waals surface area (Å²) in [6, 6.07) is 5.29. The van der Waals surface area contributed by atoms with Gasteiger partial charge in [0.1, 0.15) is 0 Å². The Morgan fingerprint density at radius 1 is 1.26 bits per heavy atom. The number of para-hydroxylation sites is 1. The summed E-state index contributed by atoms with van der Waals surface area (Å²) in [5.74, 6) is 0.377. The highest BCUT2D eigenvalue weighted by molar-refractivity contribution is 6.34. The lowest BCUT2D eigenvalue weighted by molar-refractivity contribution is 0.417. The third-order valence-corrected chi connectivity index (χ3v) is 3.87. The predicted octanol–water partition coefficient (Wildman–Crippen LogP) is 2.78. The van der Waals surface area contributed by atoms with E-state index in [0.717, 1.165) is 12.8 Å². The minimum Gasteiger partial charge on any atom is -0.315 e. The van der Waals surface area contributed by atoms with Gasteiger partial charge >= 0.3 is 11.1 Å². The lowest BCUT2D eigenvalue weighted by Gasteiger charge is -2.16. The van der Waals surface area contributed by atoms with Gasteiger partial charge in [0.25, 0.3) is 0 Å². The van der Waals surface area contributed by atoms with Crippen LogP contribution < -0.4 is 11.1 Å². The number of hydrogen-bond donors (Lipinski definition) is 1. The van der Waals surface area contributed by atoms with Gasteiger partial charge in [-0.15, -0.1) is 0 Å². The number of hydrogen-bond acceptors (Lipinski definition) is 2. The van der Waals surface area contributed by atoms with Crippen molar-refractivity contribution >= 4 is 22.6 Å². The zero-order valence-electron chi connectivity index (χ0n) is 11.1. The lowest BCUT2D eigenvalue weighted by atomic mass is 10.0. The molecule has 0 spiro atoms. The van der Waals surface area contributed by atoms with Crippen LogP contribution in [0.4, 0.5) is 0 Å². The normalized spacial score (nSPS) is 11.4. The Hall–Kier alpha value is -1.55. The molecule has 5 heteroatoms. The first-order chi connectivity index (χ1) is 9.08. The number of benzene rings is 1. The molecule has 0 aliphatic carbocycles. The van der Waals surface area contributed by atoms with Gasteiger partial charge in [0.05, 0.1) is 16.1 Å². The maximum Gasteiger partial charge on any atom is 0.316 e. The quantitative estimate of drug-likeness (QED) is 0.876. The van der Waals surface area contributed by atoms with Gasteiger partial charge in [0, 0.05) is 6.54 Å². The zero-order valence-corrected chi connectivity index (χ0v) is 11.8. The number of rotatable bonds is 4. The molecule has 0 radical (unpaired) electrons. The van der Waals surface area contributed by atoms with Crippen LogP contribution in [0.3, 0.4) is 0 Å². The van der Waals surface area contributed by atoms with Crippen LogP contribution in [0.2, 0.25) is 5.02 Å². The number of fused-ring (bicyclic) bond motifs is 1. The van der Waals surface area contributed by atoms with Crippen LogP contribution in [0.25, 0.3) is 11.0 Å². The van der Waals surface area contributed by atoms with E-state index < -0.39 is 11.1 Å². The van der Waals surface area contributed by atoms with Crippen molar-refractivity contribution in [3.8, 4) is 0 Å². The highest BCUT2D eigenvalue weighted by atomic mass is 35.5. The minimum absolute atomic E-state index is 0.377. The van der Waals surface area contributed by atoms with E-state index in [1.807, 2.05) is 0 Å². The van der Waals surface area contributed by atoms with Crippen LogP contribution >= 0.6 is 11.6 Å². The molecule has 2 aromatic rings. The maximum atomic E-state index is 12.0. The molecular weight excluding hydrogens is 264 g/mol. The van der Waals surface area contributed by atoms with Crippen molar-refractivity contribution in [1.82, 2.24) is 9.55 Å².